The van der Waals surface area contributed by atoms with Crippen LogP contribution in [0.3, 0.4) is 0 Å². The number of imidazole rings is 1. The van der Waals surface area contributed by atoms with Gasteiger partial charge in [0.15, 0.2) is 0 Å². The smallest absolute Gasteiger partial charge is 0.108 e. The molecule has 0 aromatic carbocycles. The van der Waals surface area contributed by atoms with E-state index in [0.717, 1.165) is 19.0 Å². The van der Waals surface area contributed by atoms with Crippen molar-refractivity contribution in [3.63, 3.8) is 0 Å². The summed E-state index contributed by atoms with van der Waals surface area (Å²) in [4.78, 5) is 4.33. The van der Waals surface area contributed by atoms with Crippen LogP contribution in [0.1, 0.15) is 44.9 Å². The summed E-state index contributed by atoms with van der Waals surface area (Å²) >= 11 is 0. The maximum atomic E-state index is 4.33. The topological polar surface area (TPSA) is 29.9 Å². The quantitative estimate of drug-likeness (QED) is 0.683. The van der Waals surface area contributed by atoms with E-state index in [9.17, 15) is 0 Å². The second-order valence-electron chi connectivity index (χ2n) is 4.68. The Morgan fingerprint density at radius 1 is 1.38 bits per heavy atom. The normalized spacial score (nSPS) is 15.6. The van der Waals surface area contributed by atoms with E-state index < -0.39 is 0 Å². The average Bonchev–Trinajstić information content (AvgIpc) is 3.01. The van der Waals surface area contributed by atoms with Crippen LogP contribution >= 0.6 is 0 Å². The molecule has 1 aliphatic rings. The zero-order valence-corrected chi connectivity index (χ0v) is 10.3. The van der Waals surface area contributed by atoms with Gasteiger partial charge < -0.3 is 9.88 Å². The van der Waals surface area contributed by atoms with Gasteiger partial charge in [0.2, 0.25) is 0 Å². The fraction of sp³-hybridized carbons (Fsp3) is 0.769. The molecule has 3 nitrogen and oxygen atoms in total. The van der Waals surface area contributed by atoms with Crippen LogP contribution in [-0.2, 0) is 13.0 Å². The summed E-state index contributed by atoms with van der Waals surface area (Å²) in [6, 6.07) is 0.861. The van der Waals surface area contributed by atoms with E-state index in [1.807, 2.05) is 6.20 Å². The third-order valence-electron chi connectivity index (χ3n) is 3.20. The van der Waals surface area contributed by atoms with Crippen molar-refractivity contribution in [3.8, 4) is 0 Å². The van der Waals surface area contributed by atoms with Gasteiger partial charge >= 0.3 is 0 Å². The lowest BCUT2D eigenvalue weighted by Gasteiger charge is -2.06. The highest BCUT2D eigenvalue weighted by Gasteiger charge is 2.19. The summed E-state index contributed by atoms with van der Waals surface area (Å²) in [5.41, 5.74) is 0. The summed E-state index contributed by atoms with van der Waals surface area (Å²) in [6.07, 6.45) is 11.7. The van der Waals surface area contributed by atoms with Gasteiger partial charge in [0.1, 0.15) is 5.82 Å². The SMILES string of the molecule is CCc1nccn1CCCCCNC1CC1. The summed E-state index contributed by atoms with van der Waals surface area (Å²) in [7, 11) is 0. The van der Waals surface area contributed by atoms with Gasteiger partial charge in [-0.05, 0) is 32.2 Å². The van der Waals surface area contributed by atoms with Gasteiger partial charge in [-0.15, -0.1) is 0 Å². The van der Waals surface area contributed by atoms with Gasteiger partial charge in [0.25, 0.3) is 0 Å². The maximum Gasteiger partial charge on any atom is 0.108 e. The fourth-order valence-electron chi connectivity index (χ4n) is 2.04. The van der Waals surface area contributed by atoms with Crippen molar-refractivity contribution in [1.82, 2.24) is 14.9 Å². The molecule has 0 unspecified atom stereocenters. The molecule has 1 fully saturated rings. The second-order valence-corrected chi connectivity index (χ2v) is 4.68. The molecule has 0 bridgehead atoms. The number of nitrogens with zero attached hydrogens (tertiary/aromatic N) is 2. The van der Waals surface area contributed by atoms with E-state index in [1.165, 1.54) is 44.5 Å². The number of unbranched alkanes of at least 4 members (excludes halogenated alkanes) is 2. The first-order valence-corrected chi connectivity index (χ1v) is 6.63. The first-order valence-electron chi connectivity index (χ1n) is 6.63. The van der Waals surface area contributed by atoms with Gasteiger partial charge in [0, 0.05) is 31.4 Å². The third-order valence-corrected chi connectivity index (χ3v) is 3.20. The van der Waals surface area contributed by atoms with Crippen LogP contribution in [0.2, 0.25) is 0 Å². The molecular formula is C13H23N3. The number of nitrogens with one attached hydrogen (secondary N) is 1. The predicted octanol–water partition coefficient (Wildman–Crippen LogP) is 2.37. The van der Waals surface area contributed by atoms with Crippen LogP contribution in [0, 0.1) is 0 Å². The summed E-state index contributed by atoms with van der Waals surface area (Å²) in [5, 5.41) is 3.55. The molecule has 1 saturated carbocycles. The van der Waals surface area contributed by atoms with Crippen molar-refractivity contribution < 1.29 is 0 Å². The van der Waals surface area contributed by atoms with Crippen LogP contribution in [0.4, 0.5) is 0 Å². The summed E-state index contributed by atoms with van der Waals surface area (Å²) in [6.45, 7) is 4.50. The molecule has 16 heavy (non-hydrogen) atoms. The van der Waals surface area contributed by atoms with E-state index in [2.05, 4.69) is 28.0 Å². The molecule has 1 aromatic heterocycles. The van der Waals surface area contributed by atoms with E-state index >= 15 is 0 Å². The highest BCUT2D eigenvalue weighted by atomic mass is 15.1. The van der Waals surface area contributed by atoms with Crippen LogP contribution in [0.15, 0.2) is 12.4 Å². The van der Waals surface area contributed by atoms with Crippen LogP contribution in [0.5, 0.6) is 0 Å². The molecule has 1 aromatic rings. The maximum absolute atomic E-state index is 4.33. The number of rotatable bonds is 8. The van der Waals surface area contributed by atoms with Gasteiger partial charge in [-0.1, -0.05) is 13.3 Å². The van der Waals surface area contributed by atoms with Gasteiger partial charge in [-0.25, -0.2) is 4.98 Å². The van der Waals surface area contributed by atoms with E-state index in [-0.39, 0.29) is 0 Å². The van der Waals surface area contributed by atoms with Crippen LogP contribution < -0.4 is 5.32 Å². The number of aromatic nitrogens is 2. The first kappa shape index (κ1) is 11.6. The Labute approximate surface area is 98.3 Å². The van der Waals surface area contributed by atoms with Crippen molar-refractivity contribution in [1.29, 1.82) is 0 Å². The Morgan fingerprint density at radius 3 is 3.00 bits per heavy atom. The Balaban J connectivity index is 1.53. The van der Waals surface area contributed by atoms with Crippen molar-refractivity contribution >= 4 is 0 Å². The van der Waals surface area contributed by atoms with Crippen LogP contribution in [-0.4, -0.2) is 22.1 Å². The zero-order valence-electron chi connectivity index (χ0n) is 10.3. The minimum Gasteiger partial charge on any atom is -0.335 e. The van der Waals surface area contributed by atoms with Crippen molar-refractivity contribution in [2.75, 3.05) is 6.54 Å². The van der Waals surface area contributed by atoms with Gasteiger partial charge in [0.05, 0.1) is 0 Å². The molecule has 1 aliphatic carbocycles. The molecule has 3 heteroatoms. The van der Waals surface area contributed by atoms with E-state index in [1.54, 1.807) is 0 Å². The highest BCUT2D eigenvalue weighted by Crippen LogP contribution is 2.18. The zero-order chi connectivity index (χ0) is 11.2. The second kappa shape index (κ2) is 6.04. The molecule has 1 heterocycles. The van der Waals surface area contributed by atoms with Gasteiger partial charge in [-0.3, -0.25) is 0 Å². The van der Waals surface area contributed by atoms with E-state index in [4.69, 9.17) is 0 Å². The fourth-order valence-corrected chi connectivity index (χ4v) is 2.04. The molecule has 0 saturated heterocycles. The van der Waals surface area contributed by atoms with E-state index in [0.29, 0.717) is 0 Å². The van der Waals surface area contributed by atoms with Gasteiger partial charge in [-0.2, -0.15) is 0 Å². The standard InChI is InChI=1S/C13H23N3/c1-2-13-15-9-11-16(13)10-5-3-4-8-14-12-6-7-12/h9,11-12,14H,2-8,10H2,1H3. The minimum atomic E-state index is 0.861. The summed E-state index contributed by atoms with van der Waals surface area (Å²) in [5.74, 6) is 1.22. The molecule has 0 spiro atoms. The Hall–Kier alpha value is -0.830. The number of hydrogen-bond donors (Lipinski definition) is 1. The van der Waals surface area contributed by atoms with Crippen molar-refractivity contribution in [2.45, 2.75) is 58.0 Å². The lowest BCUT2D eigenvalue weighted by molar-refractivity contribution is 0.547. The molecule has 0 atom stereocenters. The highest BCUT2D eigenvalue weighted by molar-refractivity contribution is 4.91. The molecule has 0 amide bonds. The molecule has 1 N–H and O–H groups in total. The Bertz CT molecular complexity index is 302. The predicted molar refractivity (Wildman–Crippen MR) is 66.5 cm³/mol. The lowest BCUT2D eigenvalue weighted by atomic mass is 10.2. The third kappa shape index (κ3) is 3.63. The number of aryl methyl sites for hydroxylation is 2. The molecule has 0 aliphatic heterocycles. The number of hydrogen-bond acceptors (Lipinski definition) is 2. The average molecular weight is 221 g/mol. The molecule has 2 rings (SSSR count). The molecule has 0 radical (unpaired) electrons. The first-order chi connectivity index (χ1) is 7.90. The Morgan fingerprint density at radius 2 is 2.25 bits per heavy atom. The Kier molecular flexibility index (Phi) is 4.40. The molecule has 90 valence electrons. The van der Waals surface area contributed by atoms with Crippen LogP contribution in [0.25, 0.3) is 0 Å². The van der Waals surface area contributed by atoms with Crippen molar-refractivity contribution in [2.24, 2.45) is 0 Å². The van der Waals surface area contributed by atoms with Crippen molar-refractivity contribution in [3.05, 3.63) is 18.2 Å². The molecular weight excluding hydrogens is 198 g/mol. The summed E-state index contributed by atoms with van der Waals surface area (Å²) < 4.78 is 2.29. The largest absolute Gasteiger partial charge is 0.335 e. The minimum absolute atomic E-state index is 0.861. The lowest BCUT2D eigenvalue weighted by Crippen LogP contribution is -2.17. The monoisotopic (exact) mass is 221 g/mol.